The van der Waals surface area contributed by atoms with Gasteiger partial charge in [0.05, 0.1) is 0 Å². The maximum Gasteiger partial charge on any atom is 0.331 e. The number of para-hydroxylation sites is 1. The van der Waals surface area contributed by atoms with Gasteiger partial charge in [-0.25, -0.2) is 9.59 Å². The van der Waals surface area contributed by atoms with Gasteiger partial charge in [0.15, 0.2) is 0 Å². The molecule has 6 heteroatoms. The molecule has 0 bridgehead atoms. The van der Waals surface area contributed by atoms with Gasteiger partial charge in [-0.1, -0.05) is 49.4 Å². The van der Waals surface area contributed by atoms with E-state index < -0.39 is 18.0 Å². The van der Waals surface area contributed by atoms with Gasteiger partial charge < -0.3 is 19.5 Å². The summed E-state index contributed by atoms with van der Waals surface area (Å²) in [6.07, 6.45) is 3.90. The third kappa shape index (κ3) is 9.05. The highest BCUT2D eigenvalue weighted by Crippen LogP contribution is 2.21. The topological polar surface area (TPSA) is 76.1 Å². The summed E-state index contributed by atoms with van der Waals surface area (Å²) < 4.78 is 11.4. The summed E-state index contributed by atoms with van der Waals surface area (Å²) in [6.45, 7) is 2.78. The third-order valence-electron chi connectivity index (χ3n) is 4.73. The Morgan fingerprint density at radius 1 is 1.00 bits per heavy atom. The van der Waals surface area contributed by atoms with E-state index in [1.165, 1.54) is 11.1 Å². The molecule has 0 aliphatic rings. The first kappa shape index (κ1) is 24.2. The number of aryl methyl sites for hydroxylation is 3. The van der Waals surface area contributed by atoms with E-state index in [-0.39, 0.29) is 6.61 Å². The highest BCUT2D eigenvalue weighted by atomic mass is 16.6. The fourth-order valence-corrected chi connectivity index (χ4v) is 3.13. The first-order chi connectivity index (χ1) is 14.9. The SMILES string of the molecule is CCc1ccc(CCc2ccccc2OC[C@H](CN(C)C)OC(=O)/C=C/C(=O)O)cc1. The average molecular weight is 426 g/mol. The number of carbonyl (C=O) groups excluding carboxylic acids is 1. The van der Waals surface area contributed by atoms with Crippen LogP contribution in [0.5, 0.6) is 5.75 Å². The van der Waals surface area contributed by atoms with Crippen LogP contribution in [0.4, 0.5) is 0 Å². The number of carboxylic acid groups (broad SMARTS) is 1. The lowest BCUT2D eigenvalue weighted by Crippen LogP contribution is -2.34. The lowest BCUT2D eigenvalue weighted by molar-refractivity contribution is -0.145. The molecular weight excluding hydrogens is 394 g/mol. The molecule has 6 nitrogen and oxygen atoms in total. The summed E-state index contributed by atoms with van der Waals surface area (Å²) in [5, 5.41) is 8.66. The number of rotatable bonds is 12. The van der Waals surface area contributed by atoms with Crippen molar-refractivity contribution >= 4 is 11.9 Å². The van der Waals surface area contributed by atoms with E-state index in [2.05, 4.69) is 31.2 Å². The fraction of sp³-hybridized carbons (Fsp3) is 0.360. The Hall–Kier alpha value is -3.12. The number of likely N-dealkylation sites (N-methyl/N-ethyl adjacent to an activating group) is 1. The molecule has 1 atom stereocenters. The van der Waals surface area contributed by atoms with Crippen LogP contribution in [-0.2, 0) is 33.6 Å². The van der Waals surface area contributed by atoms with Crippen LogP contribution < -0.4 is 4.74 Å². The predicted molar refractivity (Wildman–Crippen MR) is 120 cm³/mol. The van der Waals surface area contributed by atoms with Crippen molar-refractivity contribution in [3.63, 3.8) is 0 Å². The van der Waals surface area contributed by atoms with E-state index in [0.717, 1.165) is 42.7 Å². The molecule has 0 radical (unpaired) electrons. The van der Waals surface area contributed by atoms with Crippen LogP contribution in [0.15, 0.2) is 60.7 Å². The Balaban J connectivity index is 1.99. The summed E-state index contributed by atoms with van der Waals surface area (Å²) in [5.41, 5.74) is 3.69. The largest absolute Gasteiger partial charge is 0.489 e. The van der Waals surface area contributed by atoms with E-state index >= 15 is 0 Å². The molecule has 0 aliphatic carbocycles. The zero-order chi connectivity index (χ0) is 22.6. The summed E-state index contributed by atoms with van der Waals surface area (Å²) >= 11 is 0. The van der Waals surface area contributed by atoms with Crippen LogP contribution in [0.2, 0.25) is 0 Å². The molecule has 0 aromatic heterocycles. The summed E-state index contributed by atoms with van der Waals surface area (Å²) in [5.74, 6) is -1.15. The standard InChI is InChI=1S/C25H31NO5/c1-4-19-9-11-20(12-10-19)13-14-21-7-5-6-8-23(21)30-18-22(17-26(2)3)31-25(29)16-15-24(27)28/h5-12,15-16,22H,4,13-14,17-18H2,1-3H3,(H,27,28)/b16-15+/t22-/m0/s1. The number of hydrogen-bond donors (Lipinski definition) is 1. The minimum absolute atomic E-state index is 0.174. The van der Waals surface area contributed by atoms with Crippen molar-refractivity contribution < 1.29 is 24.2 Å². The highest BCUT2D eigenvalue weighted by molar-refractivity contribution is 5.90. The number of benzene rings is 2. The third-order valence-corrected chi connectivity index (χ3v) is 4.73. The lowest BCUT2D eigenvalue weighted by Gasteiger charge is -2.22. The van der Waals surface area contributed by atoms with E-state index in [4.69, 9.17) is 14.6 Å². The minimum Gasteiger partial charge on any atom is -0.489 e. The summed E-state index contributed by atoms with van der Waals surface area (Å²) in [4.78, 5) is 24.3. The van der Waals surface area contributed by atoms with Crippen molar-refractivity contribution in [2.45, 2.75) is 32.3 Å². The Morgan fingerprint density at radius 3 is 2.32 bits per heavy atom. The molecule has 166 valence electrons. The molecule has 0 saturated carbocycles. The maximum atomic E-state index is 11.9. The van der Waals surface area contributed by atoms with Crippen molar-refractivity contribution in [1.29, 1.82) is 0 Å². The molecule has 0 saturated heterocycles. The molecule has 2 rings (SSSR count). The number of aliphatic carboxylic acids is 1. The number of esters is 1. The second-order valence-electron chi connectivity index (χ2n) is 7.58. The average Bonchev–Trinajstić information content (AvgIpc) is 2.75. The Bertz CT molecular complexity index is 874. The lowest BCUT2D eigenvalue weighted by atomic mass is 10.0. The molecule has 2 aromatic rings. The van der Waals surface area contributed by atoms with Crippen LogP contribution in [-0.4, -0.2) is 55.3 Å². The summed E-state index contributed by atoms with van der Waals surface area (Å²) in [7, 11) is 3.73. The quantitative estimate of drug-likeness (QED) is 0.414. The second kappa shape index (κ2) is 12.5. The molecule has 0 amide bonds. The van der Waals surface area contributed by atoms with Gasteiger partial charge >= 0.3 is 11.9 Å². The molecule has 0 spiro atoms. The van der Waals surface area contributed by atoms with Gasteiger partial charge in [0.2, 0.25) is 0 Å². The number of nitrogens with zero attached hydrogens (tertiary/aromatic N) is 1. The van der Waals surface area contributed by atoms with Crippen molar-refractivity contribution in [3.05, 3.63) is 77.4 Å². The van der Waals surface area contributed by atoms with Gasteiger partial charge in [-0.2, -0.15) is 0 Å². The highest BCUT2D eigenvalue weighted by Gasteiger charge is 2.16. The number of carboxylic acids is 1. The molecule has 0 fully saturated rings. The van der Waals surface area contributed by atoms with Crippen molar-refractivity contribution in [1.82, 2.24) is 4.90 Å². The number of hydrogen-bond acceptors (Lipinski definition) is 5. The normalized spacial score (nSPS) is 12.1. The molecule has 0 heterocycles. The van der Waals surface area contributed by atoms with Gasteiger partial charge in [0, 0.05) is 18.7 Å². The van der Waals surface area contributed by atoms with Gasteiger partial charge in [0.25, 0.3) is 0 Å². The zero-order valence-corrected chi connectivity index (χ0v) is 18.4. The molecule has 0 unspecified atom stereocenters. The smallest absolute Gasteiger partial charge is 0.331 e. The van der Waals surface area contributed by atoms with Gasteiger partial charge in [-0.3, -0.25) is 0 Å². The fourth-order valence-electron chi connectivity index (χ4n) is 3.13. The van der Waals surface area contributed by atoms with E-state index in [1.807, 2.05) is 43.3 Å². The van der Waals surface area contributed by atoms with Crippen LogP contribution in [0, 0.1) is 0 Å². The first-order valence-corrected chi connectivity index (χ1v) is 10.4. The maximum absolute atomic E-state index is 11.9. The van der Waals surface area contributed by atoms with Crippen molar-refractivity contribution in [3.8, 4) is 5.75 Å². The van der Waals surface area contributed by atoms with Crippen LogP contribution in [0.3, 0.4) is 0 Å². The Kier molecular flexibility index (Phi) is 9.78. The Morgan fingerprint density at radius 2 is 1.68 bits per heavy atom. The molecule has 0 aliphatic heterocycles. The first-order valence-electron chi connectivity index (χ1n) is 10.4. The monoisotopic (exact) mass is 425 g/mol. The van der Waals surface area contributed by atoms with Gasteiger partial charge in [-0.05, 0) is 56.1 Å². The molecule has 31 heavy (non-hydrogen) atoms. The number of ether oxygens (including phenoxy) is 2. The van der Waals surface area contributed by atoms with Crippen molar-refractivity contribution in [2.75, 3.05) is 27.2 Å². The van der Waals surface area contributed by atoms with Crippen LogP contribution in [0.1, 0.15) is 23.6 Å². The van der Waals surface area contributed by atoms with E-state index in [0.29, 0.717) is 6.54 Å². The van der Waals surface area contributed by atoms with Crippen molar-refractivity contribution in [2.24, 2.45) is 0 Å². The minimum atomic E-state index is -1.20. The Labute approximate surface area is 184 Å². The van der Waals surface area contributed by atoms with Gasteiger partial charge in [0.1, 0.15) is 18.5 Å². The molecule has 1 N–H and O–H groups in total. The summed E-state index contributed by atoms with van der Waals surface area (Å²) in [6, 6.07) is 16.5. The van der Waals surface area contributed by atoms with E-state index in [9.17, 15) is 9.59 Å². The van der Waals surface area contributed by atoms with E-state index in [1.54, 1.807) is 0 Å². The van der Waals surface area contributed by atoms with Crippen LogP contribution >= 0.6 is 0 Å². The van der Waals surface area contributed by atoms with Gasteiger partial charge in [-0.15, -0.1) is 0 Å². The molecule has 2 aromatic carbocycles. The molecular formula is C25H31NO5. The zero-order valence-electron chi connectivity index (χ0n) is 18.4. The predicted octanol–water partition coefficient (Wildman–Crippen LogP) is 3.53. The number of carbonyl (C=O) groups is 2. The van der Waals surface area contributed by atoms with Crippen LogP contribution in [0.25, 0.3) is 0 Å². The second-order valence-corrected chi connectivity index (χ2v) is 7.58.